The molecule has 1 aromatic rings. The molecule has 1 aliphatic rings. The Bertz CT molecular complexity index is 358. The minimum Gasteiger partial charge on any atom is -0.299 e. The average molecular weight is 230 g/mol. The molecule has 0 atom stereocenters. The molecule has 0 aromatic carbocycles. The maximum Gasteiger partial charge on any atom is 0.250 e. The van der Waals surface area contributed by atoms with E-state index >= 15 is 0 Å². The summed E-state index contributed by atoms with van der Waals surface area (Å²) in [4.78, 5) is 5.63. The van der Waals surface area contributed by atoms with E-state index in [2.05, 4.69) is 4.98 Å². The zero-order chi connectivity index (χ0) is 11.6. The number of alkyl halides is 2. The minimum atomic E-state index is -2.53. The van der Waals surface area contributed by atoms with Crippen molar-refractivity contribution in [1.82, 2.24) is 9.88 Å². The molecule has 1 saturated heterocycles. The summed E-state index contributed by atoms with van der Waals surface area (Å²) in [6.07, 6.45) is 2.47. The molecular weight excluding hydrogens is 217 g/mol. The molecular formula is C11H13F3N2. The van der Waals surface area contributed by atoms with Crippen LogP contribution in [0.4, 0.5) is 13.2 Å². The van der Waals surface area contributed by atoms with Crippen LogP contribution in [0.25, 0.3) is 0 Å². The molecule has 1 fully saturated rings. The van der Waals surface area contributed by atoms with E-state index in [9.17, 15) is 13.2 Å². The summed E-state index contributed by atoms with van der Waals surface area (Å²) in [5.74, 6) is -2.92. The molecule has 88 valence electrons. The summed E-state index contributed by atoms with van der Waals surface area (Å²) in [6, 6.07) is 1.39. The molecule has 2 rings (SSSR count). The number of piperidine rings is 1. The Morgan fingerprint density at radius 1 is 1.25 bits per heavy atom. The second kappa shape index (κ2) is 4.41. The molecule has 0 unspecified atom stereocenters. The minimum absolute atomic E-state index is 0.115. The number of aromatic nitrogens is 1. The first kappa shape index (κ1) is 11.4. The fourth-order valence-corrected chi connectivity index (χ4v) is 1.84. The van der Waals surface area contributed by atoms with Gasteiger partial charge in [-0.3, -0.25) is 9.88 Å². The number of likely N-dealkylation sites (tertiary alicyclic amines) is 1. The van der Waals surface area contributed by atoms with Crippen molar-refractivity contribution < 1.29 is 13.2 Å². The number of hydrogen-bond donors (Lipinski definition) is 0. The first-order valence-electron chi connectivity index (χ1n) is 5.25. The van der Waals surface area contributed by atoms with E-state index in [-0.39, 0.29) is 18.7 Å². The monoisotopic (exact) mass is 230 g/mol. The lowest BCUT2D eigenvalue weighted by atomic mass is 10.1. The van der Waals surface area contributed by atoms with Gasteiger partial charge >= 0.3 is 0 Å². The van der Waals surface area contributed by atoms with Gasteiger partial charge in [-0.15, -0.1) is 0 Å². The van der Waals surface area contributed by atoms with Crippen LogP contribution in [0, 0.1) is 5.82 Å². The summed E-state index contributed by atoms with van der Waals surface area (Å²) < 4.78 is 38.6. The lowest BCUT2D eigenvalue weighted by Crippen LogP contribution is -2.38. The smallest absolute Gasteiger partial charge is 0.250 e. The predicted octanol–water partition coefficient (Wildman–Crippen LogP) is 2.45. The van der Waals surface area contributed by atoms with E-state index in [4.69, 9.17) is 0 Å². The van der Waals surface area contributed by atoms with Gasteiger partial charge in [0.2, 0.25) is 0 Å². The third-order valence-corrected chi connectivity index (χ3v) is 2.76. The SMILES string of the molecule is Fc1cncc(CN2CCC(F)(F)CC2)c1. The Labute approximate surface area is 92.1 Å². The number of hydrogen-bond acceptors (Lipinski definition) is 2. The Hall–Kier alpha value is -1.10. The van der Waals surface area contributed by atoms with Gasteiger partial charge < -0.3 is 0 Å². The van der Waals surface area contributed by atoms with Crippen molar-refractivity contribution >= 4 is 0 Å². The van der Waals surface area contributed by atoms with E-state index in [1.165, 1.54) is 6.07 Å². The highest BCUT2D eigenvalue weighted by atomic mass is 19.3. The Morgan fingerprint density at radius 3 is 2.56 bits per heavy atom. The maximum atomic E-state index is 12.9. The van der Waals surface area contributed by atoms with Crippen LogP contribution >= 0.6 is 0 Å². The van der Waals surface area contributed by atoms with E-state index in [1.54, 1.807) is 6.20 Å². The second-order valence-electron chi connectivity index (χ2n) is 4.14. The highest BCUT2D eigenvalue weighted by molar-refractivity contribution is 5.10. The van der Waals surface area contributed by atoms with Gasteiger partial charge in [-0.25, -0.2) is 13.2 Å². The molecule has 0 amide bonds. The first-order chi connectivity index (χ1) is 7.55. The first-order valence-corrected chi connectivity index (χ1v) is 5.25. The van der Waals surface area contributed by atoms with Gasteiger partial charge in [0.25, 0.3) is 5.92 Å². The Morgan fingerprint density at radius 2 is 1.94 bits per heavy atom. The molecule has 5 heteroatoms. The van der Waals surface area contributed by atoms with Crippen LogP contribution in [0.15, 0.2) is 18.5 Å². The Kier molecular flexibility index (Phi) is 3.14. The standard InChI is InChI=1S/C11H13F3N2/c12-10-5-9(6-15-7-10)8-16-3-1-11(13,14)2-4-16/h5-7H,1-4,8H2. The third-order valence-electron chi connectivity index (χ3n) is 2.76. The lowest BCUT2D eigenvalue weighted by molar-refractivity contribution is -0.0566. The third kappa shape index (κ3) is 2.95. The topological polar surface area (TPSA) is 16.1 Å². The second-order valence-corrected chi connectivity index (χ2v) is 4.14. The van der Waals surface area contributed by atoms with Crippen molar-refractivity contribution in [2.75, 3.05) is 13.1 Å². The van der Waals surface area contributed by atoms with Gasteiger partial charge in [-0.05, 0) is 11.6 Å². The highest BCUT2D eigenvalue weighted by Gasteiger charge is 2.33. The molecule has 0 aliphatic carbocycles. The van der Waals surface area contributed by atoms with Crippen molar-refractivity contribution in [1.29, 1.82) is 0 Å². The molecule has 0 radical (unpaired) electrons. The predicted molar refractivity (Wildman–Crippen MR) is 53.7 cm³/mol. The Balaban J connectivity index is 1.92. The van der Waals surface area contributed by atoms with Crippen molar-refractivity contribution in [3.63, 3.8) is 0 Å². The quantitative estimate of drug-likeness (QED) is 0.775. The summed E-state index contributed by atoms with van der Waals surface area (Å²) in [7, 11) is 0. The molecule has 2 heterocycles. The molecule has 1 aliphatic heterocycles. The van der Waals surface area contributed by atoms with Gasteiger partial charge in [0, 0.05) is 38.7 Å². The van der Waals surface area contributed by atoms with Crippen molar-refractivity contribution in [3.05, 3.63) is 29.8 Å². The van der Waals surface area contributed by atoms with Crippen LogP contribution in [-0.2, 0) is 6.54 Å². The van der Waals surface area contributed by atoms with Crippen molar-refractivity contribution in [2.45, 2.75) is 25.3 Å². The van der Waals surface area contributed by atoms with Crippen LogP contribution < -0.4 is 0 Å². The van der Waals surface area contributed by atoms with Crippen LogP contribution in [0.3, 0.4) is 0 Å². The molecule has 2 nitrogen and oxygen atoms in total. The summed E-state index contributed by atoms with van der Waals surface area (Å²) >= 11 is 0. The van der Waals surface area contributed by atoms with Gasteiger partial charge in [0.1, 0.15) is 5.82 Å². The van der Waals surface area contributed by atoms with Crippen molar-refractivity contribution in [2.24, 2.45) is 0 Å². The van der Waals surface area contributed by atoms with Crippen LogP contribution in [0.5, 0.6) is 0 Å². The number of rotatable bonds is 2. The molecule has 0 bridgehead atoms. The van der Waals surface area contributed by atoms with Gasteiger partial charge in [-0.1, -0.05) is 0 Å². The van der Waals surface area contributed by atoms with Gasteiger partial charge in [0.05, 0.1) is 6.20 Å². The molecule has 0 spiro atoms. The number of pyridine rings is 1. The number of halogens is 3. The molecule has 1 aromatic heterocycles. The fraction of sp³-hybridized carbons (Fsp3) is 0.545. The zero-order valence-corrected chi connectivity index (χ0v) is 8.80. The molecule has 0 saturated carbocycles. The van der Waals surface area contributed by atoms with E-state index in [1.807, 2.05) is 4.90 Å². The number of nitrogens with zero attached hydrogens (tertiary/aromatic N) is 2. The normalized spacial score (nSPS) is 20.9. The average Bonchev–Trinajstić information content (AvgIpc) is 2.21. The van der Waals surface area contributed by atoms with E-state index in [0.29, 0.717) is 19.6 Å². The van der Waals surface area contributed by atoms with Gasteiger partial charge in [0.15, 0.2) is 0 Å². The van der Waals surface area contributed by atoms with E-state index in [0.717, 1.165) is 11.8 Å². The zero-order valence-electron chi connectivity index (χ0n) is 8.80. The maximum absolute atomic E-state index is 12.9. The summed E-state index contributed by atoms with van der Waals surface area (Å²) in [6.45, 7) is 1.19. The van der Waals surface area contributed by atoms with Crippen LogP contribution in [0.2, 0.25) is 0 Å². The summed E-state index contributed by atoms with van der Waals surface area (Å²) in [5, 5.41) is 0. The van der Waals surface area contributed by atoms with Gasteiger partial charge in [-0.2, -0.15) is 0 Å². The highest BCUT2D eigenvalue weighted by Crippen LogP contribution is 2.28. The summed E-state index contributed by atoms with van der Waals surface area (Å²) in [5.41, 5.74) is 0.727. The largest absolute Gasteiger partial charge is 0.299 e. The molecule has 16 heavy (non-hydrogen) atoms. The molecule has 0 N–H and O–H groups in total. The fourth-order valence-electron chi connectivity index (χ4n) is 1.84. The van der Waals surface area contributed by atoms with Crippen LogP contribution in [0.1, 0.15) is 18.4 Å². The lowest BCUT2D eigenvalue weighted by Gasteiger charge is -2.31. The van der Waals surface area contributed by atoms with E-state index < -0.39 is 5.92 Å². The van der Waals surface area contributed by atoms with Crippen LogP contribution in [-0.4, -0.2) is 28.9 Å². The van der Waals surface area contributed by atoms with Crippen molar-refractivity contribution in [3.8, 4) is 0 Å².